The number of benzene rings is 2. The van der Waals surface area contributed by atoms with Crippen molar-refractivity contribution in [2.45, 2.75) is 23.2 Å². The van der Waals surface area contributed by atoms with Crippen molar-refractivity contribution in [3.8, 4) is 0 Å². The second kappa shape index (κ2) is 6.19. The first-order valence-corrected chi connectivity index (χ1v) is 9.15. The third-order valence-electron chi connectivity index (χ3n) is 4.77. The summed E-state index contributed by atoms with van der Waals surface area (Å²) in [5.74, 6) is -0.0690. The van der Waals surface area contributed by atoms with Gasteiger partial charge in [-0.2, -0.15) is 0 Å². The molecule has 1 fully saturated rings. The average Bonchev–Trinajstić information content (AvgIpc) is 3.40. The fourth-order valence-electron chi connectivity index (χ4n) is 3.10. The van der Waals surface area contributed by atoms with Crippen molar-refractivity contribution in [3.63, 3.8) is 0 Å². The monoisotopic (exact) mass is 356 g/mol. The highest BCUT2D eigenvalue weighted by atomic mass is 32.2. The van der Waals surface area contributed by atoms with E-state index in [-0.39, 0.29) is 23.0 Å². The average molecular weight is 356 g/mol. The first kappa shape index (κ1) is 16.1. The van der Waals surface area contributed by atoms with E-state index in [4.69, 9.17) is 0 Å². The van der Waals surface area contributed by atoms with Gasteiger partial charge in [0.2, 0.25) is 5.91 Å². The van der Waals surface area contributed by atoms with E-state index < -0.39 is 0 Å². The maximum absolute atomic E-state index is 13.1. The van der Waals surface area contributed by atoms with E-state index >= 15 is 0 Å². The van der Waals surface area contributed by atoms with Gasteiger partial charge in [0.25, 0.3) is 5.91 Å². The molecule has 2 N–H and O–H groups in total. The zero-order valence-electron chi connectivity index (χ0n) is 13.5. The first-order valence-electron chi connectivity index (χ1n) is 8.17. The molecule has 0 radical (unpaired) electrons. The Morgan fingerprint density at radius 3 is 2.68 bits per heavy atom. The molecule has 0 bridgehead atoms. The molecule has 0 saturated heterocycles. The number of halogens is 1. The molecule has 4 nitrogen and oxygen atoms in total. The molecule has 2 aromatic carbocycles. The van der Waals surface area contributed by atoms with Gasteiger partial charge in [-0.15, -0.1) is 11.8 Å². The molecule has 0 unspecified atom stereocenters. The largest absolute Gasteiger partial charge is 0.351 e. The third-order valence-corrected chi connectivity index (χ3v) is 5.85. The molecule has 6 heteroatoms. The Morgan fingerprint density at radius 2 is 1.96 bits per heavy atom. The molecule has 1 aliphatic heterocycles. The predicted molar refractivity (Wildman–Crippen MR) is 95.4 cm³/mol. The summed E-state index contributed by atoms with van der Waals surface area (Å²) in [7, 11) is 0. The van der Waals surface area contributed by atoms with Crippen molar-refractivity contribution in [1.29, 1.82) is 0 Å². The van der Waals surface area contributed by atoms with Gasteiger partial charge < -0.3 is 10.6 Å². The van der Waals surface area contributed by atoms with Crippen LogP contribution in [-0.4, -0.2) is 24.1 Å². The summed E-state index contributed by atoms with van der Waals surface area (Å²) < 4.78 is 13.1. The van der Waals surface area contributed by atoms with Crippen LogP contribution in [0.15, 0.2) is 47.4 Å². The maximum atomic E-state index is 13.1. The van der Waals surface area contributed by atoms with Crippen LogP contribution in [0.25, 0.3) is 0 Å². The molecular formula is C19H17FN2O2S. The Bertz CT molecular complexity index is 847. The lowest BCUT2D eigenvalue weighted by molar-refractivity contribution is -0.113. The number of fused-ring (bicyclic) bond motifs is 1. The van der Waals surface area contributed by atoms with Crippen LogP contribution in [0.3, 0.4) is 0 Å². The van der Waals surface area contributed by atoms with Crippen LogP contribution < -0.4 is 10.6 Å². The van der Waals surface area contributed by atoms with Gasteiger partial charge in [0.05, 0.1) is 11.4 Å². The van der Waals surface area contributed by atoms with E-state index in [0.717, 1.165) is 23.3 Å². The first-order chi connectivity index (χ1) is 12.1. The van der Waals surface area contributed by atoms with Crippen molar-refractivity contribution in [1.82, 2.24) is 5.32 Å². The van der Waals surface area contributed by atoms with E-state index in [1.807, 2.05) is 6.07 Å². The lowest BCUT2D eigenvalue weighted by Crippen LogP contribution is -2.32. The number of rotatable bonds is 4. The molecule has 2 amide bonds. The highest BCUT2D eigenvalue weighted by Gasteiger charge is 2.44. The molecule has 1 heterocycles. The Morgan fingerprint density at radius 1 is 1.20 bits per heavy atom. The zero-order valence-corrected chi connectivity index (χ0v) is 14.3. The minimum atomic E-state index is -0.252. The third kappa shape index (κ3) is 3.26. The number of amides is 2. The Balaban J connectivity index is 1.45. The van der Waals surface area contributed by atoms with Gasteiger partial charge >= 0.3 is 0 Å². The Hall–Kier alpha value is -2.34. The normalized spacial score (nSPS) is 17.4. The highest BCUT2D eigenvalue weighted by molar-refractivity contribution is 8.00. The minimum Gasteiger partial charge on any atom is -0.351 e. The van der Waals surface area contributed by atoms with Gasteiger partial charge in [-0.1, -0.05) is 12.1 Å². The smallest absolute Gasteiger partial charge is 0.251 e. The maximum Gasteiger partial charge on any atom is 0.251 e. The van der Waals surface area contributed by atoms with Crippen LogP contribution in [0.2, 0.25) is 0 Å². The second-order valence-corrected chi connectivity index (χ2v) is 7.53. The van der Waals surface area contributed by atoms with Gasteiger partial charge in [-0.25, -0.2) is 4.39 Å². The molecule has 0 spiro atoms. The summed E-state index contributed by atoms with van der Waals surface area (Å²) in [4.78, 5) is 24.9. The molecule has 1 saturated carbocycles. The van der Waals surface area contributed by atoms with Crippen LogP contribution in [0, 0.1) is 5.82 Å². The Labute approximate surface area is 149 Å². The van der Waals surface area contributed by atoms with Crippen molar-refractivity contribution in [2.24, 2.45) is 0 Å². The molecule has 128 valence electrons. The molecule has 1 aliphatic carbocycles. The fourth-order valence-corrected chi connectivity index (χ4v) is 3.89. The second-order valence-electron chi connectivity index (χ2n) is 6.52. The van der Waals surface area contributed by atoms with Crippen molar-refractivity contribution < 1.29 is 14.0 Å². The van der Waals surface area contributed by atoms with Gasteiger partial charge in [0.15, 0.2) is 0 Å². The number of thioether (sulfide) groups is 1. The molecule has 0 aromatic heterocycles. The standard InChI is InChI=1S/C19H17FN2O2S/c20-14-4-2-13(3-5-14)19(7-8-19)11-21-18(24)12-1-6-16-15(9-12)22-17(23)10-25-16/h1-6,9H,7-8,10-11H2,(H,21,24)(H,22,23). The summed E-state index contributed by atoms with van der Waals surface area (Å²) in [6.45, 7) is 0.523. The molecule has 25 heavy (non-hydrogen) atoms. The number of nitrogens with one attached hydrogen (secondary N) is 2. The van der Waals surface area contributed by atoms with Gasteiger partial charge in [0.1, 0.15) is 5.82 Å². The van der Waals surface area contributed by atoms with Gasteiger partial charge in [-0.3, -0.25) is 9.59 Å². The van der Waals surface area contributed by atoms with E-state index in [2.05, 4.69) is 10.6 Å². The zero-order chi connectivity index (χ0) is 17.4. The number of carbonyl (C=O) groups excluding carboxylic acids is 2. The van der Waals surface area contributed by atoms with Crippen LogP contribution in [0.4, 0.5) is 10.1 Å². The highest BCUT2D eigenvalue weighted by Crippen LogP contribution is 2.47. The van der Waals surface area contributed by atoms with Gasteiger partial charge in [0, 0.05) is 22.4 Å². The lowest BCUT2D eigenvalue weighted by atomic mass is 9.96. The molecule has 2 aliphatic rings. The summed E-state index contributed by atoms with van der Waals surface area (Å²) in [5.41, 5.74) is 2.19. The summed E-state index contributed by atoms with van der Waals surface area (Å²) >= 11 is 1.47. The van der Waals surface area contributed by atoms with Crippen LogP contribution in [-0.2, 0) is 10.2 Å². The number of hydrogen-bond acceptors (Lipinski definition) is 3. The van der Waals surface area contributed by atoms with E-state index in [9.17, 15) is 14.0 Å². The summed E-state index contributed by atoms with van der Waals surface area (Å²) in [6, 6.07) is 11.9. The van der Waals surface area contributed by atoms with Crippen LogP contribution in [0.5, 0.6) is 0 Å². The SMILES string of the molecule is O=C1CSc2ccc(C(=O)NCC3(c4ccc(F)cc4)CC3)cc2N1. The quantitative estimate of drug-likeness (QED) is 0.883. The van der Waals surface area contributed by atoms with E-state index in [0.29, 0.717) is 23.5 Å². The Kier molecular flexibility index (Phi) is 4.00. The molecule has 2 aromatic rings. The van der Waals surface area contributed by atoms with Crippen molar-refractivity contribution in [3.05, 3.63) is 59.4 Å². The van der Waals surface area contributed by atoms with Crippen LogP contribution >= 0.6 is 11.8 Å². The van der Waals surface area contributed by atoms with Crippen LogP contribution in [0.1, 0.15) is 28.8 Å². The number of anilines is 1. The number of carbonyl (C=O) groups is 2. The topological polar surface area (TPSA) is 58.2 Å². The molecular weight excluding hydrogens is 339 g/mol. The molecule has 4 rings (SSSR count). The summed E-state index contributed by atoms with van der Waals surface area (Å²) in [6.07, 6.45) is 1.96. The predicted octanol–water partition coefficient (Wildman–Crippen LogP) is 3.33. The van der Waals surface area contributed by atoms with Crippen molar-refractivity contribution in [2.75, 3.05) is 17.6 Å². The lowest BCUT2D eigenvalue weighted by Gasteiger charge is -2.19. The van der Waals surface area contributed by atoms with E-state index in [1.54, 1.807) is 24.3 Å². The van der Waals surface area contributed by atoms with Gasteiger partial charge in [-0.05, 0) is 48.7 Å². The minimum absolute atomic E-state index is 0.0525. The fraction of sp³-hybridized carbons (Fsp3) is 0.263. The molecule has 0 atom stereocenters. The summed E-state index contributed by atoms with van der Waals surface area (Å²) in [5, 5.41) is 5.78. The number of hydrogen-bond donors (Lipinski definition) is 2. The van der Waals surface area contributed by atoms with Crippen molar-refractivity contribution >= 4 is 29.3 Å². The van der Waals surface area contributed by atoms with E-state index in [1.165, 1.54) is 23.9 Å².